The van der Waals surface area contributed by atoms with Crippen LogP contribution in [0.5, 0.6) is 0 Å². The molecule has 6 nitrogen and oxygen atoms in total. The molecule has 148 valence electrons. The minimum absolute atomic E-state index is 0.0773. The first-order chi connectivity index (χ1) is 14.2. The molecule has 1 aromatic carbocycles. The zero-order chi connectivity index (χ0) is 19.8. The largest absolute Gasteiger partial charge is 0.337 e. The smallest absolute Gasteiger partial charge is 0.294 e. The number of aryl methyl sites for hydroxylation is 1. The van der Waals surface area contributed by atoms with E-state index in [-0.39, 0.29) is 11.8 Å². The van der Waals surface area contributed by atoms with Crippen molar-refractivity contribution in [1.82, 2.24) is 14.3 Å². The van der Waals surface area contributed by atoms with Crippen molar-refractivity contribution in [3.63, 3.8) is 0 Å². The highest BCUT2D eigenvalue weighted by Gasteiger charge is 2.30. The molecule has 2 aliphatic rings. The summed E-state index contributed by atoms with van der Waals surface area (Å²) in [5, 5.41) is 0. The molecule has 5 rings (SSSR count). The van der Waals surface area contributed by atoms with Crippen molar-refractivity contribution in [2.45, 2.75) is 32.1 Å². The highest BCUT2D eigenvalue weighted by molar-refractivity contribution is 6.07. The zero-order valence-electron chi connectivity index (χ0n) is 16.4. The third kappa shape index (κ3) is 3.09. The van der Waals surface area contributed by atoms with Gasteiger partial charge in [-0.2, -0.15) is 0 Å². The lowest BCUT2D eigenvalue weighted by Gasteiger charge is -2.28. The van der Waals surface area contributed by atoms with E-state index in [4.69, 9.17) is 0 Å². The van der Waals surface area contributed by atoms with Crippen LogP contribution < -0.4 is 4.90 Å². The predicted octanol–water partition coefficient (Wildman–Crippen LogP) is 3.55. The molecule has 0 unspecified atom stereocenters. The van der Waals surface area contributed by atoms with Crippen LogP contribution >= 0.6 is 0 Å². The first-order valence-corrected chi connectivity index (χ1v) is 10.4. The Morgan fingerprint density at radius 1 is 0.828 bits per heavy atom. The lowest BCUT2D eigenvalue weighted by molar-refractivity contribution is 0.0721. The second kappa shape index (κ2) is 7.35. The summed E-state index contributed by atoms with van der Waals surface area (Å²) in [6, 6.07) is 13.6. The van der Waals surface area contributed by atoms with E-state index in [1.54, 1.807) is 9.30 Å². The fraction of sp³-hybridized carbons (Fsp3) is 0.348. The van der Waals surface area contributed by atoms with Gasteiger partial charge in [-0.1, -0.05) is 24.3 Å². The molecule has 29 heavy (non-hydrogen) atoms. The number of anilines is 1. The van der Waals surface area contributed by atoms with Gasteiger partial charge in [0.2, 0.25) is 5.82 Å². The summed E-state index contributed by atoms with van der Waals surface area (Å²) in [4.78, 5) is 34.9. The highest BCUT2D eigenvalue weighted by Crippen LogP contribution is 2.28. The SMILES string of the molecule is O=C(c1nc(C(=O)N2CCCc3ccccc32)n2ccccc12)N1CCCCC1. The fourth-order valence-electron chi connectivity index (χ4n) is 4.46. The summed E-state index contributed by atoms with van der Waals surface area (Å²) in [6.45, 7) is 2.17. The Balaban J connectivity index is 1.56. The van der Waals surface area contributed by atoms with Crippen LogP contribution in [0.4, 0.5) is 5.69 Å². The molecular weight excluding hydrogens is 364 g/mol. The topological polar surface area (TPSA) is 57.9 Å². The van der Waals surface area contributed by atoms with E-state index in [1.165, 1.54) is 5.56 Å². The highest BCUT2D eigenvalue weighted by atomic mass is 16.2. The van der Waals surface area contributed by atoms with Gasteiger partial charge < -0.3 is 9.80 Å². The Morgan fingerprint density at radius 3 is 2.48 bits per heavy atom. The first-order valence-electron chi connectivity index (χ1n) is 10.4. The molecule has 0 bridgehead atoms. The van der Waals surface area contributed by atoms with Crippen LogP contribution in [-0.2, 0) is 6.42 Å². The number of amides is 2. The Bertz CT molecular complexity index is 1080. The Morgan fingerprint density at radius 2 is 1.62 bits per heavy atom. The number of para-hydroxylation sites is 1. The van der Waals surface area contributed by atoms with Gasteiger partial charge in [0.15, 0.2) is 5.69 Å². The Kier molecular flexibility index (Phi) is 4.54. The number of aromatic nitrogens is 2. The number of hydrogen-bond acceptors (Lipinski definition) is 3. The van der Waals surface area contributed by atoms with Crippen LogP contribution in [-0.4, -0.2) is 45.7 Å². The first kappa shape index (κ1) is 17.9. The van der Waals surface area contributed by atoms with E-state index in [1.807, 2.05) is 47.5 Å². The number of nitrogens with zero attached hydrogens (tertiary/aromatic N) is 4. The molecule has 3 aromatic rings. The number of benzene rings is 1. The van der Waals surface area contributed by atoms with Gasteiger partial charge in [-0.3, -0.25) is 14.0 Å². The molecular formula is C23H24N4O2. The van der Waals surface area contributed by atoms with Crippen LogP contribution in [0.15, 0.2) is 48.7 Å². The van der Waals surface area contributed by atoms with Crippen molar-refractivity contribution in [3.8, 4) is 0 Å². The normalized spacial score (nSPS) is 16.7. The zero-order valence-corrected chi connectivity index (χ0v) is 16.4. The molecule has 0 aliphatic carbocycles. The van der Waals surface area contributed by atoms with E-state index in [9.17, 15) is 9.59 Å². The van der Waals surface area contributed by atoms with Gasteiger partial charge in [0.1, 0.15) is 0 Å². The van der Waals surface area contributed by atoms with Crippen LogP contribution in [0, 0.1) is 0 Å². The minimum Gasteiger partial charge on any atom is -0.337 e. The summed E-state index contributed by atoms with van der Waals surface area (Å²) in [5.74, 6) is 0.0696. The van der Waals surface area contributed by atoms with Crippen molar-refractivity contribution in [1.29, 1.82) is 0 Å². The molecule has 6 heteroatoms. The van der Waals surface area contributed by atoms with E-state index in [0.717, 1.165) is 50.9 Å². The van der Waals surface area contributed by atoms with Gasteiger partial charge in [-0.25, -0.2) is 4.98 Å². The third-order valence-corrected chi connectivity index (χ3v) is 5.94. The number of pyridine rings is 1. The van der Waals surface area contributed by atoms with Gasteiger partial charge in [0.05, 0.1) is 5.52 Å². The average Bonchev–Trinajstić information content (AvgIpc) is 3.18. The van der Waals surface area contributed by atoms with Crippen molar-refractivity contribution >= 4 is 23.0 Å². The maximum atomic E-state index is 13.5. The molecule has 2 aliphatic heterocycles. The molecule has 2 amide bonds. The summed E-state index contributed by atoms with van der Waals surface area (Å²) in [5.41, 5.74) is 3.19. The minimum atomic E-state index is -0.156. The van der Waals surface area contributed by atoms with E-state index < -0.39 is 0 Å². The Labute approximate surface area is 169 Å². The lowest BCUT2D eigenvalue weighted by atomic mass is 10.0. The van der Waals surface area contributed by atoms with Gasteiger partial charge in [0, 0.05) is 31.5 Å². The molecule has 2 aromatic heterocycles. The summed E-state index contributed by atoms with van der Waals surface area (Å²) < 4.78 is 1.76. The van der Waals surface area contributed by atoms with Crippen LogP contribution in [0.2, 0.25) is 0 Å². The third-order valence-electron chi connectivity index (χ3n) is 5.94. The monoisotopic (exact) mass is 388 g/mol. The number of piperidine rings is 1. The molecule has 1 fully saturated rings. The summed E-state index contributed by atoms with van der Waals surface area (Å²) in [7, 11) is 0. The van der Waals surface area contributed by atoms with Crippen LogP contribution in [0.25, 0.3) is 5.52 Å². The van der Waals surface area contributed by atoms with E-state index in [2.05, 4.69) is 11.1 Å². The van der Waals surface area contributed by atoms with Gasteiger partial charge in [0.25, 0.3) is 11.8 Å². The number of hydrogen-bond donors (Lipinski definition) is 0. The van der Waals surface area contributed by atoms with Crippen molar-refractivity contribution in [3.05, 3.63) is 65.7 Å². The second-order valence-corrected chi connectivity index (χ2v) is 7.78. The Hall–Kier alpha value is -3.15. The second-order valence-electron chi connectivity index (χ2n) is 7.78. The van der Waals surface area contributed by atoms with Crippen LogP contribution in [0.3, 0.4) is 0 Å². The predicted molar refractivity (Wildman–Crippen MR) is 111 cm³/mol. The van der Waals surface area contributed by atoms with Crippen molar-refractivity contribution in [2.75, 3.05) is 24.5 Å². The molecule has 0 N–H and O–H groups in total. The number of rotatable bonds is 2. The maximum absolute atomic E-state index is 13.5. The van der Waals surface area contributed by atoms with Crippen LogP contribution in [0.1, 0.15) is 52.4 Å². The van der Waals surface area contributed by atoms with Crippen molar-refractivity contribution < 1.29 is 9.59 Å². The van der Waals surface area contributed by atoms with E-state index >= 15 is 0 Å². The maximum Gasteiger partial charge on any atom is 0.294 e. The fourth-order valence-corrected chi connectivity index (χ4v) is 4.46. The van der Waals surface area contributed by atoms with Gasteiger partial charge >= 0.3 is 0 Å². The molecule has 0 atom stereocenters. The average molecular weight is 388 g/mol. The molecule has 1 saturated heterocycles. The van der Waals surface area contributed by atoms with Crippen molar-refractivity contribution in [2.24, 2.45) is 0 Å². The number of likely N-dealkylation sites (tertiary alicyclic amines) is 1. The number of carbonyl (C=O) groups excluding carboxylic acids is 2. The van der Waals surface area contributed by atoms with E-state index in [0.29, 0.717) is 23.6 Å². The number of carbonyl (C=O) groups is 2. The summed E-state index contributed by atoms with van der Waals surface area (Å²) in [6.07, 6.45) is 6.92. The standard InChI is InChI=1S/C23H24N4O2/c28-22(25-13-5-1-6-14-25)20-19-12-4-7-15-26(19)21(24-20)23(29)27-16-8-10-17-9-2-3-11-18(17)27/h2-4,7,9,11-12,15H,1,5-6,8,10,13-14,16H2. The summed E-state index contributed by atoms with van der Waals surface area (Å²) >= 11 is 0. The molecule has 0 spiro atoms. The molecule has 4 heterocycles. The van der Waals surface area contributed by atoms with Gasteiger partial charge in [-0.05, 0) is 55.9 Å². The number of imidazole rings is 1. The number of fused-ring (bicyclic) bond motifs is 2. The lowest BCUT2D eigenvalue weighted by Crippen LogP contribution is -2.37. The van der Waals surface area contributed by atoms with Gasteiger partial charge in [-0.15, -0.1) is 0 Å². The molecule has 0 radical (unpaired) electrons. The quantitative estimate of drug-likeness (QED) is 0.675. The molecule has 0 saturated carbocycles.